The molecule has 0 fully saturated rings. The first-order valence-corrected chi connectivity index (χ1v) is 8.54. The normalized spacial score (nSPS) is 10.3. The SMILES string of the molecule is COc1cccc(Oc2ncc(F)cc2C(=O)NCc2ccc(C(=O)O)cc2)c1. The molecular weight excluding hydrogens is 379 g/mol. The smallest absolute Gasteiger partial charge is 0.335 e. The highest BCUT2D eigenvalue weighted by Gasteiger charge is 2.16. The standard InChI is InChI=1S/C21H17FN2O5/c1-28-16-3-2-4-17(10-16)29-20-18(9-15(22)12-24-20)19(25)23-11-13-5-7-14(8-6-13)21(26)27/h2-10,12H,11H2,1H3,(H,23,25)(H,26,27). The molecular formula is C21H17FN2O5. The van der Waals surface area contributed by atoms with E-state index in [0.717, 1.165) is 12.3 Å². The van der Waals surface area contributed by atoms with Crippen molar-refractivity contribution in [3.8, 4) is 17.4 Å². The van der Waals surface area contributed by atoms with Crippen molar-refractivity contribution >= 4 is 11.9 Å². The van der Waals surface area contributed by atoms with Crippen LogP contribution in [0, 0.1) is 5.82 Å². The summed E-state index contributed by atoms with van der Waals surface area (Å²) in [5.74, 6) is -1.43. The predicted molar refractivity (Wildman–Crippen MR) is 102 cm³/mol. The van der Waals surface area contributed by atoms with E-state index in [1.165, 1.54) is 19.2 Å². The average Bonchev–Trinajstić information content (AvgIpc) is 2.73. The van der Waals surface area contributed by atoms with Gasteiger partial charge in [0.05, 0.1) is 18.9 Å². The number of benzene rings is 2. The molecule has 0 aliphatic heterocycles. The number of carboxylic acid groups (broad SMARTS) is 1. The lowest BCUT2D eigenvalue weighted by molar-refractivity contribution is 0.0696. The number of aromatic nitrogens is 1. The summed E-state index contributed by atoms with van der Waals surface area (Å²) in [5.41, 5.74) is 0.751. The second kappa shape index (κ2) is 8.83. The van der Waals surface area contributed by atoms with Crippen LogP contribution in [0.25, 0.3) is 0 Å². The number of hydrogen-bond donors (Lipinski definition) is 2. The lowest BCUT2D eigenvalue weighted by Crippen LogP contribution is -2.23. The minimum absolute atomic E-state index is 0.0571. The lowest BCUT2D eigenvalue weighted by atomic mass is 10.1. The molecule has 0 unspecified atom stereocenters. The molecule has 2 aromatic carbocycles. The van der Waals surface area contributed by atoms with Gasteiger partial charge in [0, 0.05) is 12.6 Å². The van der Waals surface area contributed by atoms with Crippen molar-refractivity contribution in [3.63, 3.8) is 0 Å². The maximum Gasteiger partial charge on any atom is 0.335 e. The molecule has 1 heterocycles. The van der Waals surface area contributed by atoms with Gasteiger partial charge in [0.25, 0.3) is 5.91 Å². The Bertz CT molecular complexity index is 1040. The van der Waals surface area contributed by atoms with E-state index in [4.69, 9.17) is 14.6 Å². The van der Waals surface area contributed by atoms with Gasteiger partial charge in [-0.15, -0.1) is 0 Å². The van der Waals surface area contributed by atoms with Crippen LogP contribution in [-0.2, 0) is 6.54 Å². The Morgan fingerprint density at radius 3 is 2.52 bits per heavy atom. The number of carbonyl (C=O) groups excluding carboxylic acids is 1. The molecule has 3 rings (SSSR count). The second-order valence-electron chi connectivity index (χ2n) is 5.97. The zero-order chi connectivity index (χ0) is 20.8. The van der Waals surface area contributed by atoms with Gasteiger partial charge in [-0.25, -0.2) is 14.2 Å². The topological polar surface area (TPSA) is 97.8 Å². The largest absolute Gasteiger partial charge is 0.497 e. The Morgan fingerprint density at radius 2 is 1.83 bits per heavy atom. The van der Waals surface area contributed by atoms with E-state index < -0.39 is 17.7 Å². The number of rotatable bonds is 7. The lowest BCUT2D eigenvalue weighted by Gasteiger charge is -2.11. The molecule has 0 bridgehead atoms. The molecule has 2 N–H and O–H groups in total. The first-order chi connectivity index (χ1) is 14.0. The molecule has 0 aliphatic carbocycles. The number of aromatic carboxylic acids is 1. The van der Waals surface area contributed by atoms with Crippen molar-refractivity contribution < 1.29 is 28.6 Å². The summed E-state index contributed by atoms with van der Waals surface area (Å²) in [6.07, 6.45) is 0.955. The van der Waals surface area contributed by atoms with Gasteiger partial charge >= 0.3 is 5.97 Å². The molecule has 148 valence electrons. The third-order valence-corrected chi connectivity index (χ3v) is 3.97. The molecule has 7 nitrogen and oxygen atoms in total. The Morgan fingerprint density at radius 1 is 1.10 bits per heavy atom. The van der Waals surface area contributed by atoms with E-state index in [-0.39, 0.29) is 23.6 Å². The molecule has 1 amide bonds. The quantitative estimate of drug-likeness (QED) is 0.633. The van der Waals surface area contributed by atoms with E-state index >= 15 is 0 Å². The van der Waals surface area contributed by atoms with Gasteiger partial charge in [-0.2, -0.15) is 0 Å². The van der Waals surface area contributed by atoms with Gasteiger partial charge in [0.2, 0.25) is 5.88 Å². The van der Waals surface area contributed by atoms with Gasteiger partial charge < -0.3 is 19.9 Å². The summed E-state index contributed by atoms with van der Waals surface area (Å²) in [6, 6.07) is 13.8. The number of hydrogen-bond acceptors (Lipinski definition) is 5. The van der Waals surface area contributed by atoms with E-state index in [9.17, 15) is 14.0 Å². The van der Waals surface area contributed by atoms with Crippen molar-refractivity contribution in [2.75, 3.05) is 7.11 Å². The van der Waals surface area contributed by atoms with Crippen LogP contribution in [0.2, 0.25) is 0 Å². The van der Waals surface area contributed by atoms with E-state index in [2.05, 4.69) is 10.3 Å². The van der Waals surface area contributed by atoms with Gasteiger partial charge in [0.1, 0.15) is 22.9 Å². The Hall–Kier alpha value is -3.94. The van der Waals surface area contributed by atoms with Gasteiger partial charge in [-0.1, -0.05) is 18.2 Å². The number of carboxylic acids is 1. The van der Waals surface area contributed by atoms with Crippen LogP contribution in [0.1, 0.15) is 26.3 Å². The monoisotopic (exact) mass is 396 g/mol. The highest BCUT2D eigenvalue weighted by atomic mass is 19.1. The summed E-state index contributed by atoms with van der Waals surface area (Å²) in [5, 5.41) is 11.6. The molecule has 0 saturated carbocycles. The van der Waals surface area contributed by atoms with Crippen LogP contribution in [0.5, 0.6) is 17.4 Å². The number of carbonyl (C=O) groups is 2. The fourth-order valence-corrected chi connectivity index (χ4v) is 2.49. The van der Waals surface area contributed by atoms with Gasteiger partial charge in [-0.05, 0) is 35.9 Å². The number of ether oxygens (including phenoxy) is 2. The number of nitrogens with one attached hydrogen (secondary N) is 1. The second-order valence-corrected chi connectivity index (χ2v) is 5.97. The summed E-state index contributed by atoms with van der Waals surface area (Å²) in [7, 11) is 1.51. The number of methoxy groups -OCH3 is 1. The van der Waals surface area contributed by atoms with Crippen molar-refractivity contribution in [1.82, 2.24) is 10.3 Å². The average molecular weight is 396 g/mol. The first-order valence-electron chi connectivity index (χ1n) is 8.54. The number of halogens is 1. The van der Waals surface area contributed by atoms with Crippen LogP contribution < -0.4 is 14.8 Å². The fourth-order valence-electron chi connectivity index (χ4n) is 2.49. The summed E-state index contributed by atoms with van der Waals surface area (Å²) < 4.78 is 24.4. The van der Waals surface area contributed by atoms with Crippen LogP contribution in [0.3, 0.4) is 0 Å². The van der Waals surface area contributed by atoms with Crippen LogP contribution in [-0.4, -0.2) is 29.1 Å². The zero-order valence-corrected chi connectivity index (χ0v) is 15.4. The molecule has 1 aromatic heterocycles. The molecule has 0 atom stereocenters. The van der Waals surface area contributed by atoms with Crippen molar-refractivity contribution in [1.29, 1.82) is 0 Å². The van der Waals surface area contributed by atoms with Gasteiger partial charge in [-0.3, -0.25) is 4.79 Å². The summed E-state index contributed by atoms with van der Waals surface area (Å²) in [6.45, 7) is 0.119. The molecule has 8 heteroatoms. The number of nitrogens with zero attached hydrogens (tertiary/aromatic N) is 1. The Balaban J connectivity index is 1.75. The highest BCUT2D eigenvalue weighted by molar-refractivity contribution is 5.96. The van der Waals surface area contributed by atoms with Crippen LogP contribution in [0.15, 0.2) is 60.8 Å². The molecule has 0 spiro atoms. The van der Waals surface area contributed by atoms with Crippen LogP contribution >= 0.6 is 0 Å². The maximum atomic E-state index is 13.7. The molecule has 0 radical (unpaired) electrons. The van der Waals surface area contributed by atoms with Crippen molar-refractivity contribution in [2.24, 2.45) is 0 Å². The number of pyridine rings is 1. The van der Waals surface area contributed by atoms with E-state index in [1.807, 2.05) is 0 Å². The minimum atomic E-state index is -1.04. The van der Waals surface area contributed by atoms with E-state index in [0.29, 0.717) is 17.1 Å². The zero-order valence-electron chi connectivity index (χ0n) is 15.4. The van der Waals surface area contributed by atoms with Gasteiger partial charge in [0.15, 0.2) is 0 Å². The minimum Gasteiger partial charge on any atom is -0.497 e. The third kappa shape index (κ3) is 5.07. The predicted octanol–water partition coefficient (Wildman–Crippen LogP) is 3.65. The van der Waals surface area contributed by atoms with Crippen molar-refractivity contribution in [3.05, 3.63) is 83.3 Å². The number of amides is 1. The molecule has 3 aromatic rings. The summed E-state index contributed by atoms with van der Waals surface area (Å²) in [4.78, 5) is 27.3. The third-order valence-electron chi connectivity index (χ3n) is 3.97. The summed E-state index contributed by atoms with van der Waals surface area (Å²) >= 11 is 0. The molecule has 0 aliphatic rings. The highest BCUT2D eigenvalue weighted by Crippen LogP contribution is 2.26. The van der Waals surface area contributed by atoms with Crippen LogP contribution in [0.4, 0.5) is 4.39 Å². The Kier molecular flexibility index (Phi) is 6.03. The molecule has 0 saturated heterocycles. The van der Waals surface area contributed by atoms with Crippen molar-refractivity contribution in [2.45, 2.75) is 6.54 Å². The molecule has 29 heavy (non-hydrogen) atoms. The first kappa shape index (κ1) is 19.8. The fraction of sp³-hybridized carbons (Fsp3) is 0.0952. The van der Waals surface area contributed by atoms with E-state index in [1.54, 1.807) is 36.4 Å². The maximum absolute atomic E-state index is 13.7. The Labute approximate surface area is 165 Å².